The first kappa shape index (κ1) is 97.0. The Labute approximate surface area is 610 Å². The van der Waals surface area contributed by atoms with Crippen molar-refractivity contribution in [2.45, 2.75) is 406 Å². The van der Waals surface area contributed by atoms with Gasteiger partial charge in [0.05, 0.1) is 26.4 Å². The topological polar surface area (TPSA) is 237 Å². The van der Waals surface area contributed by atoms with Crippen molar-refractivity contribution in [3.8, 4) is 0 Å². The van der Waals surface area contributed by atoms with Crippen LogP contribution in [0.25, 0.3) is 0 Å². The zero-order valence-electron chi connectivity index (χ0n) is 64.1. The summed E-state index contributed by atoms with van der Waals surface area (Å²) >= 11 is 0. The van der Waals surface area contributed by atoms with Gasteiger partial charge in [0.2, 0.25) is 0 Å². The van der Waals surface area contributed by atoms with E-state index < -0.39 is 97.5 Å². The summed E-state index contributed by atoms with van der Waals surface area (Å²) in [6, 6.07) is 0. The summed E-state index contributed by atoms with van der Waals surface area (Å²) < 4.78 is 68.6. The van der Waals surface area contributed by atoms with Crippen molar-refractivity contribution in [1.82, 2.24) is 0 Å². The predicted octanol–water partition coefficient (Wildman–Crippen LogP) is 23.7. The largest absolute Gasteiger partial charge is 0.472 e. The van der Waals surface area contributed by atoms with Crippen LogP contribution in [0.1, 0.15) is 387 Å². The molecule has 0 spiro atoms. The minimum atomic E-state index is -4.98. The molecule has 0 saturated heterocycles. The van der Waals surface area contributed by atoms with Crippen LogP contribution in [0.3, 0.4) is 0 Å². The van der Waals surface area contributed by atoms with Crippen molar-refractivity contribution in [2.24, 2.45) is 0 Å². The van der Waals surface area contributed by atoms with Crippen molar-refractivity contribution in [3.05, 3.63) is 48.6 Å². The fourth-order valence-electron chi connectivity index (χ4n) is 11.6. The highest BCUT2D eigenvalue weighted by Crippen LogP contribution is 2.45. The second kappa shape index (κ2) is 74.3. The fourth-order valence-corrected chi connectivity index (χ4v) is 13.1. The maximum Gasteiger partial charge on any atom is 0.472 e. The molecule has 0 aliphatic rings. The highest BCUT2D eigenvalue weighted by molar-refractivity contribution is 7.47. The van der Waals surface area contributed by atoms with Crippen LogP contribution >= 0.6 is 15.6 Å². The van der Waals surface area contributed by atoms with Crippen LogP contribution in [0, 0.1) is 0 Å². The second-order valence-corrected chi connectivity index (χ2v) is 30.6. The number of ether oxygens (including phenoxy) is 4. The molecule has 0 fully saturated rings. The molecule has 0 aromatic rings. The lowest BCUT2D eigenvalue weighted by atomic mass is 10.0. The van der Waals surface area contributed by atoms with Crippen LogP contribution in [-0.4, -0.2) is 96.7 Å². The van der Waals surface area contributed by atoms with Gasteiger partial charge in [-0.15, -0.1) is 0 Å². The number of rotatable bonds is 78. The number of unbranched alkanes of at least 4 members (excludes halogenated alkanes) is 44. The summed E-state index contributed by atoms with van der Waals surface area (Å²) in [6.45, 7) is 4.89. The summed E-state index contributed by atoms with van der Waals surface area (Å²) in [5.41, 5.74) is 0. The average Bonchev–Trinajstić information content (AvgIpc) is 1.06. The Hall–Kier alpha value is -2.98. The first-order valence-electron chi connectivity index (χ1n) is 40.9. The summed E-state index contributed by atoms with van der Waals surface area (Å²) in [5, 5.41) is 10.6. The molecule has 17 nitrogen and oxygen atoms in total. The van der Waals surface area contributed by atoms with E-state index in [-0.39, 0.29) is 25.7 Å². The van der Waals surface area contributed by atoms with Crippen LogP contribution < -0.4 is 0 Å². The highest BCUT2D eigenvalue weighted by atomic mass is 31.2. The SMILES string of the molecule is CCCCC/C=C\C/C=C\C/C=C\C/C=C\CCCC(=O)OC[C@H](COP(=O)(O)OC[C@H](O)COP(=O)(O)OC[C@@H](COC(=O)CCCCCCCCCCCCCCCCC)OC(=O)CCCCCCCCCCCCCCC)OC(=O)CCCCCCCCCCCCCCCCC. The third-order valence-corrected chi connectivity index (χ3v) is 19.7. The lowest BCUT2D eigenvalue weighted by molar-refractivity contribution is -0.161. The number of phosphoric ester groups is 2. The number of aliphatic hydroxyl groups excluding tert-OH is 1. The molecular weight excluding hydrogens is 1310 g/mol. The number of allylic oxidation sites excluding steroid dienone is 8. The van der Waals surface area contributed by atoms with Crippen LogP contribution in [0.15, 0.2) is 48.6 Å². The first-order chi connectivity index (χ1) is 48.7. The summed E-state index contributed by atoms with van der Waals surface area (Å²) in [7, 11) is -9.94. The number of carbonyl (C=O) groups excluding carboxylic acids is 4. The minimum Gasteiger partial charge on any atom is -0.462 e. The molecule has 19 heteroatoms. The monoisotopic (exact) mass is 1460 g/mol. The maximum absolute atomic E-state index is 13.1. The first-order valence-corrected chi connectivity index (χ1v) is 43.9. The van der Waals surface area contributed by atoms with E-state index in [2.05, 4.69) is 64.2 Å². The molecule has 0 amide bonds. The van der Waals surface area contributed by atoms with Crippen LogP contribution in [-0.2, 0) is 65.4 Å². The van der Waals surface area contributed by atoms with Gasteiger partial charge < -0.3 is 33.8 Å². The van der Waals surface area contributed by atoms with E-state index in [1.165, 1.54) is 205 Å². The van der Waals surface area contributed by atoms with Crippen molar-refractivity contribution in [3.63, 3.8) is 0 Å². The molecule has 0 aliphatic heterocycles. The van der Waals surface area contributed by atoms with E-state index in [0.29, 0.717) is 32.1 Å². The molecule has 3 N–H and O–H groups in total. The van der Waals surface area contributed by atoms with Gasteiger partial charge in [-0.05, 0) is 64.2 Å². The third kappa shape index (κ3) is 73.3. The van der Waals surface area contributed by atoms with Crippen molar-refractivity contribution in [2.75, 3.05) is 39.6 Å². The summed E-state index contributed by atoms with van der Waals surface area (Å²) in [4.78, 5) is 73.0. The number of phosphoric acid groups is 2. The van der Waals surface area contributed by atoms with E-state index in [4.69, 9.17) is 37.0 Å². The van der Waals surface area contributed by atoms with Gasteiger partial charge >= 0.3 is 39.5 Å². The summed E-state index contributed by atoms with van der Waals surface area (Å²) in [6.07, 6.45) is 72.3. The molecule has 0 radical (unpaired) electrons. The van der Waals surface area contributed by atoms with Gasteiger partial charge in [0, 0.05) is 25.7 Å². The van der Waals surface area contributed by atoms with Crippen LogP contribution in [0.5, 0.6) is 0 Å². The van der Waals surface area contributed by atoms with Crippen molar-refractivity contribution in [1.29, 1.82) is 0 Å². The van der Waals surface area contributed by atoms with Gasteiger partial charge in [0.25, 0.3) is 0 Å². The lowest BCUT2D eigenvalue weighted by Gasteiger charge is -2.21. The van der Waals surface area contributed by atoms with Crippen LogP contribution in [0.4, 0.5) is 0 Å². The number of aliphatic hydroxyl groups is 1. The van der Waals surface area contributed by atoms with Gasteiger partial charge in [0.1, 0.15) is 19.3 Å². The minimum absolute atomic E-state index is 0.0914. The smallest absolute Gasteiger partial charge is 0.462 e. The normalized spacial score (nSPS) is 14.1. The van der Waals surface area contributed by atoms with Crippen molar-refractivity contribution >= 4 is 39.5 Å². The maximum atomic E-state index is 13.1. The van der Waals surface area contributed by atoms with E-state index in [1.807, 2.05) is 12.2 Å². The van der Waals surface area contributed by atoms with Gasteiger partial charge in [-0.3, -0.25) is 37.3 Å². The molecule has 0 heterocycles. The molecule has 0 rings (SSSR count). The molecule has 0 aromatic heterocycles. The second-order valence-electron chi connectivity index (χ2n) is 27.7. The van der Waals surface area contributed by atoms with Gasteiger partial charge in [0.15, 0.2) is 12.2 Å². The van der Waals surface area contributed by atoms with E-state index in [0.717, 1.165) is 96.3 Å². The number of hydrogen-bond donors (Lipinski definition) is 3. The Morgan fingerprint density at radius 3 is 0.790 bits per heavy atom. The van der Waals surface area contributed by atoms with Gasteiger partial charge in [-0.1, -0.05) is 346 Å². The molecular formula is C81H150O17P2. The Balaban J connectivity index is 5.34. The van der Waals surface area contributed by atoms with Gasteiger partial charge in [-0.2, -0.15) is 0 Å². The molecule has 2 unspecified atom stereocenters. The van der Waals surface area contributed by atoms with Gasteiger partial charge in [-0.25, -0.2) is 9.13 Å². The molecule has 0 aromatic carbocycles. The van der Waals surface area contributed by atoms with E-state index >= 15 is 0 Å². The molecule has 0 aliphatic carbocycles. The highest BCUT2D eigenvalue weighted by Gasteiger charge is 2.30. The van der Waals surface area contributed by atoms with E-state index in [1.54, 1.807) is 0 Å². The van der Waals surface area contributed by atoms with Crippen molar-refractivity contribution < 1.29 is 80.2 Å². The predicted molar refractivity (Wildman–Crippen MR) is 409 cm³/mol. The lowest BCUT2D eigenvalue weighted by Crippen LogP contribution is -2.30. The molecule has 5 atom stereocenters. The fraction of sp³-hybridized carbons (Fsp3) is 0.852. The number of carbonyl (C=O) groups is 4. The molecule has 0 saturated carbocycles. The number of hydrogen-bond acceptors (Lipinski definition) is 15. The third-order valence-electron chi connectivity index (χ3n) is 17.8. The quantitative estimate of drug-likeness (QED) is 0.0169. The Bertz CT molecular complexity index is 2080. The molecule has 0 bridgehead atoms. The standard InChI is InChI=1S/C81H150O17P2/c1-5-9-13-17-21-25-29-33-36-37-40-43-46-50-54-58-62-66-79(84)92-72-77(98-81(86)68-64-60-56-52-48-44-39-35-31-27-23-19-15-11-7-3)74-96-100(89,90)94-70-75(82)69-93-99(87,88)95-73-76(97-80(85)67-63-59-55-51-47-41-32-28-24-20-16-12-8-4)71-91-78(83)65-61-57-53-49-45-42-38-34-30-26-22-18-14-10-6-2/h21,25,33,36,40,43,50,54,75-77,82H,5-20,22-24,26-32,34-35,37-39,41-42,44-49,51-53,55-74H2,1-4H3,(H,87,88)(H,89,90)/b25-21-,36-33-,43-40-,54-50-/t75-,76-,77-/m1/s1. The summed E-state index contributed by atoms with van der Waals surface area (Å²) in [5.74, 6) is -2.19. The number of esters is 4. The average molecular weight is 1460 g/mol. The Morgan fingerprint density at radius 2 is 0.500 bits per heavy atom. The Kier molecular flexibility index (Phi) is 72.1. The zero-order valence-corrected chi connectivity index (χ0v) is 65.9. The molecule has 100 heavy (non-hydrogen) atoms. The molecule has 586 valence electrons. The zero-order chi connectivity index (χ0) is 73.2. The van der Waals surface area contributed by atoms with Crippen LogP contribution in [0.2, 0.25) is 0 Å². The van der Waals surface area contributed by atoms with E-state index in [9.17, 15) is 43.2 Å². The Morgan fingerprint density at radius 1 is 0.280 bits per heavy atom.